The molecule has 0 aliphatic carbocycles. The Kier molecular flexibility index (Phi) is 6.91. The summed E-state index contributed by atoms with van der Waals surface area (Å²) in [5.41, 5.74) is 2.10. The van der Waals surface area contributed by atoms with Crippen LogP contribution in [0.5, 0.6) is 0 Å². The molecule has 0 fully saturated rings. The first-order chi connectivity index (χ1) is 12.4. The second-order valence-corrected chi connectivity index (χ2v) is 6.42. The van der Waals surface area contributed by atoms with Crippen LogP contribution in [0.3, 0.4) is 0 Å². The molecule has 2 amide bonds. The van der Waals surface area contributed by atoms with Crippen LogP contribution in [-0.2, 0) is 9.53 Å². The predicted molar refractivity (Wildman–Crippen MR) is 97.7 cm³/mol. The molecule has 0 saturated heterocycles. The minimum atomic E-state index is -0.668. The molecule has 0 spiro atoms. The lowest BCUT2D eigenvalue weighted by Gasteiger charge is -2.21. The molecule has 7 nitrogen and oxygen atoms in total. The number of hydrogen-bond donors (Lipinski definition) is 2. The third-order valence-corrected chi connectivity index (χ3v) is 3.92. The lowest BCUT2D eigenvalue weighted by Crippen LogP contribution is -2.50. The number of nitrogens with one attached hydrogen (secondary N) is 2. The molecule has 1 aromatic heterocycles. The molecular weight excluding hydrogens is 334 g/mol. The Balaban J connectivity index is 2.05. The number of hydrogen-bond acceptors (Lipinski definition) is 5. The first-order valence-electron chi connectivity index (χ1n) is 8.53. The summed E-state index contributed by atoms with van der Waals surface area (Å²) in [5, 5.41) is 9.28. The zero-order valence-corrected chi connectivity index (χ0v) is 15.5. The monoisotopic (exact) mass is 359 g/mol. The quantitative estimate of drug-likeness (QED) is 0.705. The van der Waals surface area contributed by atoms with Crippen LogP contribution in [0.25, 0.3) is 11.3 Å². The molecule has 1 aromatic carbocycles. The predicted octanol–water partition coefficient (Wildman–Crippen LogP) is 2.17. The maximum atomic E-state index is 12.5. The van der Waals surface area contributed by atoms with Crippen LogP contribution in [0.2, 0.25) is 0 Å². The largest absolute Gasteiger partial charge is 0.383 e. The Morgan fingerprint density at radius 3 is 2.54 bits per heavy atom. The lowest BCUT2D eigenvalue weighted by molar-refractivity contribution is -0.124. The van der Waals surface area contributed by atoms with Crippen molar-refractivity contribution in [2.45, 2.75) is 26.8 Å². The topological polar surface area (TPSA) is 93.5 Å². The van der Waals surface area contributed by atoms with Crippen molar-refractivity contribution in [2.24, 2.45) is 5.92 Å². The van der Waals surface area contributed by atoms with Gasteiger partial charge in [0.05, 0.1) is 6.61 Å². The molecule has 2 aromatic rings. The van der Waals surface area contributed by atoms with Crippen molar-refractivity contribution in [2.75, 3.05) is 20.3 Å². The van der Waals surface area contributed by atoms with Crippen molar-refractivity contribution < 1.29 is 18.8 Å². The van der Waals surface area contributed by atoms with Crippen LogP contribution in [-0.4, -0.2) is 43.3 Å². The van der Waals surface area contributed by atoms with Gasteiger partial charge in [-0.25, -0.2) is 0 Å². The minimum absolute atomic E-state index is 0.0787. The van der Waals surface area contributed by atoms with E-state index in [4.69, 9.17) is 9.26 Å². The number of methoxy groups -OCH3 is 1. The zero-order valence-electron chi connectivity index (χ0n) is 15.5. The molecule has 1 unspecified atom stereocenters. The van der Waals surface area contributed by atoms with Crippen molar-refractivity contribution in [3.8, 4) is 11.3 Å². The lowest BCUT2D eigenvalue weighted by atomic mass is 10.0. The fraction of sp³-hybridized carbons (Fsp3) is 0.421. The number of benzene rings is 1. The number of rotatable bonds is 8. The van der Waals surface area contributed by atoms with Gasteiger partial charge >= 0.3 is 0 Å². The van der Waals surface area contributed by atoms with Gasteiger partial charge in [-0.3, -0.25) is 9.59 Å². The number of aryl methyl sites for hydroxylation is 1. The third-order valence-electron chi connectivity index (χ3n) is 3.92. The summed E-state index contributed by atoms with van der Waals surface area (Å²) in [6, 6.07) is 8.61. The van der Waals surface area contributed by atoms with Gasteiger partial charge in [0.25, 0.3) is 5.91 Å². The van der Waals surface area contributed by atoms with Crippen molar-refractivity contribution >= 4 is 11.8 Å². The Labute approximate surface area is 153 Å². The molecule has 0 aliphatic heterocycles. The summed E-state index contributed by atoms with van der Waals surface area (Å²) in [6.07, 6.45) is 0. The number of amides is 2. The van der Waals surface area contributed by atoms with Crippen LogP contribution in [0.1, 0.15) is 29.9 Å². The first-order valence-corrected chi connectivity index (χ1v) is 8.53. The van der Waals surface area contributed by atoms with Crippen molar-refractivity contribution in [1.29, 1.82) is 0 Å². The van der Waals surface area contributed by atoms with Gasteiger partial charge in [0, 0.05) is 25.3 Å². The molecule has 0 saturated carbocycles. The van der Waals surface area contributed by atoms with E-state index in [1.807, 2.05) is 45.0 Å². The van der Waals surface area contributed by atoms with Crippen molar-refractivity contribution in [3.63, 3.8) is 0 Å². The molecule has 0 bridgehead atoms. The van der Waals surface area contributed by atoms with Gasteiger partial charge in [0.15, 0.2) is 11.5 Å². The number of nitrogens with zero attached hydrogens (tertiary/aromatic N) is 1. The number of carbonyl (C=O) groups is 2. The molecule has 1 heterocycles. The maximum Gasteiger partial charge on any atom is 0.274 e. The standard InChI is InChI=1S/C19H25N3O4/c1-12(2)17(19(24)20-9-10-25-4)21-18(23)15-11-16(26-22-15)14-7-5-13(3)6-8-14/h5-8,11-12,17H,9-10H2,1-4H3,(H,20,24)(H,21,23). The fourth-order valence-electron chi connectivity index (χ4n) is 2.37. The number of aromatic nitrogens is 1. The second-order valence-electron chi connectivity index (χ2n) is 6.42. The van der Waals surface area contributed by atoms with E-state index in [0.29, 0.717) is 18.9 Å². The Morgan fingerprint density at radius 1 is 1.23 bits per heavy atom. The maximum absolute atomic E-state index is 12.5. The van der Waals surface area contributed by atoms with Crippen LogP contribution in [0, 0.1) is 12.8 Å². The van der Waals surface area contributed by atoms with Crippen LogP contribution < -0.4 is 10.6 Å². The smallest absolute Gasteiger partial charge is 0.274 e. The molecule has 2 rings (SSSR count). The van der Waals surface area contributed by atoms with E-state index in [1.165, 1.54) is 0 Å². The summed E-state index contributed by atoms with van der Waals surface area (Å²) < 4.78 is 10.2. The molecule has 1 atom stereocenters. The van der Waals surface area contributed by atoms with Gasteiger partial charge in [-0.15, -0.1) is 0 Å². The van der Waals surface area contributed by atoms with Gasteiger partial charge in [-0.1, -0.05) is 48.8 Å². The summed E-state index contributed by atoms with van der Waals surface area (Å²) >= 11 is 0. The Bertz CT molecular complexity index is 737. The molecule has 140 valence electrons. The van der Waals surface area contributed by atoms with Crippen LogP contribution in [0.4, 0.5) is 0 Å². The van der Waals surface area contributed by atoms with Gasteiger partial charge in [-0.2, -0.15) is 0 Å². The molecule has 7 heteroatoms. The van der Waals surface area contributed by atoms with Crippen LogP contribution in [0.15, 0.2) is 34.9 Å². The average Bonchev–Trinajstić information content (AvgIpc) is 3.10. The Hall–Kier alpha value is -2.67. The average molecular weight is 359 g/mol. The SMILES string of the molecule is COCCNC(=O)C(NC(=O)c1cc(-c2ccc(C)cc2)on1)C(C)C. The van der Waals surface area contributed by atoms with Crippen molar-refractivity contribution in [3.05, 3.63) is 41.6 Å². The molecule has 0 aliphatic rings. The molecule has 2 N–H and O–H groups in total. The van der Waals surface area contributed by atoms with Crippen molar-refractivity contribution in [1.82, 2.24) is 15.8 Å². The van der Waals surface area contributed by atoms with E-state index in [0.717, 1.165) is 11.1 Å². The Morgan fingerprint density at radius 2 is 1.92 bits per heavy atom. The van der Waals surface area contributed by atoms with Gasteiger partial charge < -0.3 is 19.9 Å². The highest BCUT2D eigenvalue weighted by Crippen LogP contribution is 2.20. The normalized spacial score (nSPS) is 12.0. The second kappa shape index (κ2) is 9.15. The molecular formula is C19H25N3O4. The summed E-state index contributed by atoms with van der Waals surface area (Å²) in [4.78, 5) is 24.7. The highest BCUT2D eigenvalue weighted by atomic mass is 16.5. The first kappa shape index (κ1) is 19.7. The fourth-order valence-corrected chi connectivity index (χ4v) is 2.37. The van der Waals surface area contributed by atoms with E-state index in [-0.39, 0.29) is 17.5 Å². The highest BCUT2D eigenvalue weighted by Gasteiger charge is 2.25. The van der Waals surface area contributed by atoms with E-state index in [1.54, 1.807) is 13.2 Å². The number of carbonyl (C=O) groups excluding carboxylic acids is 2. The van der Waals surface area contributed by atoms with Gasteiger partial charge in [-0.05, 0) is 12.8 Å². The summed E-state index contributed by atoms with van der Waals surface area (Å²) in [6.45, 7) is 6.51. The van der Waals surface area contributed by atoms with E-state index in [9.17, 15) is 9.59 Å². The van der Waals surface area contributed by atoms with Gasteiger partial charge in [0.2, 0.25) is 5.91 Å². The van der Waals surface area contributed by atoms with E-state index >= 15 is 0 Å². The third kappa shape index (κ3) is 5.16. The van der Waals surface area contributed by atoms with Gasteiger partial charge in [0.1, 0.15) is 6.04 Å². The van der Waals surface area contributed by atoms with Crippen LogP contribution >= 0.6 is 0 Å². The summed E-state index contributed by atoms with van der Waals surface area (Å²) in [7, 11) is 1.56. The summed E-state index contributed by atoms with van der Waals surface area (Å²) in [5.74, 6) is -0.286. The number of ether oxygens (including phenoxy) is 1. The molecule has 0 radical (unpaired) electrons. The highest BCUT2D eigenvalue weighted by molar-refractivity contribution is 5.96. The van der Waals surface area contributed by atoms with E-state index < -0.39 is 11.9 Å². The van der Waals surface area contributed by atoms with E-state index in [2.05, 4.69) is 15.8 Å². The minimum Gasteiger partial charge on any atom is -0.383 e. The molecule has 26 heavy (non-hydrogen) atoms. The zero-order chi connectivity index (χ0) is 19.1.